The van der Waals surface area contributed by atoms with Gasteiger partial charge in [0.15, 0.2) is 0 Å². The molecule has 92 valence electrons. The first kappa shape index (κ1) is 14.8. The predicted octanol–water partition coefficient (Wildman–Crippen LogP) is -0.0597. The van der Waals surface area contributed by atoms with Crippen LogP contribution in [-0.4, -0.2) is 42.6 Å². The molecule has 5 N–H and O–H groups in total. The standard InChI is InChI=1S/C11H26N2O2/c1-3-10(5-12)4-9(2)6-13-7-11(15)8-14/h9-11,13-15H,3-8,12H2,1-2H3. The van der Waals surface area contributed by atoms with Gasteiger partial charge in [0.25, 0.3) is 0 Å². The zero-order valence-corrected chi connectivity index (χ0v) is 9.95. The Kier molecular flexibility index (Phi) is 9.00. The van der Waals surface area contributed by atoms with Crippen LogP contribution >= 0.6 is 0 Å². The van der Waals surface area contributed by atoms with Crippen molar-refractivity contribution < 1.29 is 10.2 Å². The Morgan fingerprint density at radius 3 is 2.47 bits per heavy atom. The zero-order valence-electron chi connectivity index (χ0n) is 9.95. The van der Waals surface area contributed by atoms with E-state index in [1.807, 2.05) is 0 Å². The van der Waals surface area contributed by atoms with Gasteiger partial charge >= 0.3 is 0 Å². The van der Waals surface area contributed by atoms with Crippen molar-refractivity contribution in [2.45, 2.75) is 32.8 Å². The van der Waals surface area contributed by atoms with Gasteiger partial charge < -0.3 is 21.3 Å². The zero-order chi connectivity index (χ0) is 11.7. The molecule has 0 amide bonds. The van der Waals surface area contributed by atoms with Crippen LogP contribution in [0.2, 0.25) is 0 Å². The summed E-state index contributed by atoms with van der Waals surface area (Å²) in [5, 5.41) is 20.9. The highest BCUT2D eigenvalue weighted by Crippen LogP contribution is 2.13. The van der Waals surface area contributed by atoms with Gasteiger partial charge in [0.2, 0.25) is 0 Å². The molecule has 0 aromatic heterocycles. The maximum absolute atomic E-state index is 9.11. The van der Waals surface area contributed by atoms with Crippen molar-refractivity contribution in [3.63, 3.8) is 0 Å². The molecule has 4 heteroatoms. The highest BCUT2D eigenvalue weighted by molar-refractivity contribution is 4.66. The van der Waals surface area contributed by atoms with Gasteiger partial charge in [-0.1, -0.05) is 20.3 Å². The van der Waals surface area contributed by atoms with E-state index >= 15 is 0 Å². The van der Waals surface area contributed by atoms with E-state index in [-0.39, 0.29) is 6.61 Å². The Labute approximate surface area is 92.9 Å². The number of nitrogens with one attached hydrogen (secondary N) is 1. The lowest BCUT2D eigenvalue weighted by Gasteiger charge is -2.19. The fourth-order valence-corrected chi connectivity index (χ4v) is 1.64. The summed E-state index contributed by atoms with van der Waals surface area (Å²) < 4.78 is 0. The summed E-state index contributed by atoms with van der Waals surface area (Å²) in [6.45, 7) is 6.24. The van der Waals surface area contributed by atoms with Crippen molar-refractivity contribution in [3.8, 4) is 0 Å². The van der Waals surface area contributed by atoms with E-state index in [2.05, 4.69) is 19.2 Å². The van der Waals surface area contributed by atoms with E-state index < -0.39 is 6.10 Å². The smallest absolute Gasteiger partial charge is 0.0894 e. The molecule has 0 aliphatic heterocycles. The third-order valence-corrected chi connectivity index (χ3v) is 2.73. The van der Waals surface area contributed by atoms with Crippen molar-refractivity contribution in [2.24, 2.45) is 17.6 Å². The third-order valence-electron chi connectivity index (χ3n) is 2.73. The summed E-state index contributed by atoms with van der Waals surface area (Å²) >= 11 is 0. The normalized spacial score (nSPS) is 17.4. The molecule has 4 nitrogen and oxygen atoms in total. The van der Waals surface area contributed by atoms with E-state index in [9.17, 15) is 0 Å². The van der Waals surface area contributed by atoms with Gasteiger partial charge in [-0.2, -0.15) is 0 Å². The molecule has 0 heterocycles. The minimum absolute atomic E-state index is 0.179. The minimum Gasteiger partial charge on any atom is -0.394 e. The van der Waals surface area contributed by atoms with Gasteiger partial charge in [0.1, 0.15) is 0 Å². The van der Waals surface area contributed by atoms with Gasteiger partial charge in [-0.05, 0) is 31.3 Å². The first-order chi connectivity index (χ1) is 7.13. The van der Waals surface area contributed by atoms with Crippen molar-refractivity contribution in [1.82, 2.24) is 5.32 Å². The average Bonchev–Trinajstić information content (AvgIpc) is 2.25. The quantitative estimate of drug-likeness (QED) is 0.437. The second-order valence-corrected chi connectivity index (χ2v) is 4.35. The first-order valence-corrected chi connectivity index (χ1v) is 5.83. The van der Waals surface area contributed by atoms with Gasteiger partial charge in [-0.15, -0.1) is 0 Å². The van der Waals surface area contributed by atoms with Crippen LogP contribution in [0, 0.1) is 11.8 Å². The lowest BCUT2D eigenvalue weighted by molar-refractivity contribution is 0.0935. The van der Waals surface area contributed by atoms with Crippen LogP contribution in [0.5, 0.6) is 0 Å². The molecule has 0 saturated heterocycles. The number of hydrogen-bond acceptors (Lipinski definition) is 4. The van der Waals surface area contributed by atoms with E-state index in [0.717, 1.165) is 25.9 Å². The third kappa shape index (κ3) is 7.73. The van der Waals surface area contributed by atoms with Gasteiger partial charge in [-0.3, -0.25) is 0 Å². The van der Waals surface area contributed by atoms with Crippen LogP contribution in [0.25, 0.3) is 0 Å². The largest absolute Gasteiger partial charge is 0.394 e. The van der Waals surface area contributed by atoms with E-state index in [1.165, 1.54) is 0 Å². The lowest BCUT2D eigenvalue weighted by atomic mass is 9.94. The van der Waals surface area contributed by atoms with E-state index in [1.54, 1.807) is 0 Å². The number of rotatable bonds is 9. The monoisotopic (exact) mass is 218 g/mol. The molecule has 3 unspecified atom stereocenters. The molecular weight excluding hydrogens is 192 g/mol. The molecule has 0 saturated carbocycles. The molecule has 0 radical (unpaired) electrons. The van der Waals surface area contributed by atoms with Crippen LogP contribution in [0.15, 0.2) is 0 Å². The molecule has 0 aromatic rings. The molecule has 15 heavy (non-hydrogen) atoms. The molecule has 0 aliphatic carbocycles. The van der Waals surface area contributed by atoms with E-state index in [4.69, 9.17) is 15.9 Å². The van der Waals surface area contributed by atoms with Crippen molar-refractivity contribution in [2.75, 3.05) is 26.2 Å². The second kappa shape index (κ2) is 9.09. The summed E-state index contributed by atoms with van der Waals surface area (Å²) in [6.07, 6.45) is 1.60. The lowest BCUT2D eigenvalue weighted by Crippen LogP contribution is -2.33. The Balaban J connectivity index is 3.51. The van der Waals surface area contributed by atoms with Crippen molar-refractivity contribution >= 4 is 0 Å². The Morgan fingerprint density at radius 2 is 2.00 bits per heavy atom. The fourth-order valence-electron chi connectivity index (χ4n) is 1.64. The number of hydrogen-bond donors (Lipinski definition) is 4. The molecule has 0 fully saturated rings. The van der Waals surface area contributed by atoms with Crippen LogP contribution in [0.1, 0.15) is 26.7 Å². The van der Waals surface area contributed by atoms with Gasteiger partial charge in [-0.25, -0.2) is 0 Å². The van der Waals surface area contributed by atoms with Gasteiger partial charge in [0.05, 0.1) is 12.7 Å². The average molecular weight is 218 g/mol. The van der Waals surface area contributed by atoms with Crippen molar-refractivity contribution in [1.29, 1.82) is 0 Å². The minimum atomic E-state index is -0.645. The fraction of sp³-hybridized carbons (Fsp3) is 1.00. The first-order valence-electron chi connectivity index (χ1n) is 5.83. The summed E-state index contributed by atoms with van der Waals surface area (Å²) in [4.78, 5) is 0. The van der Waals surface area contributed by atoms with Crippen LogP contribution in [-0.2, 0) is 0 Å². The highest BCUT2D eigenvalue weighted by Gasteiger charge is 2.10. The van der Waals surface area contributed by atoms with Crippen LogP contribution in [0.3, 0.4) is 0 Å². The molecule has 0 aliphatic rings. The van der Waals surface area contributed by atoms with Gasteiger partial charge in [0, 0.05) is 6.54 Å². The van der Waals surface area contributed by atoms with Crippen LogP contribution < -0.4 is 11.1 Å². The number of nitrogens with two attached hydrogens (primary N) is 1. The highest BCUT2D eigenvalue weighted by atomic mass is 16.3. The summed E-state index contributed by atoms with van der Waals surface area (Å²) in [7, 11) is 0. The molecular formula is C11H26N2O2. The second-order valence-electron chi connectivity index (χ2n) is 4.35. The Bertz CT molecular complexity index is 141. The summed E-state index contributed by atoms with van der Waals surface area (Å²) in [5.41, 5.74) is 5.64. The molecule has 0 aromatic carbocycles. The summed E-state index contributed by atoms with van der Waals surface area (Å²) in [6, 6.07) is 0. The molecule has 0 bridgehead atoms. The van der Waals surface area contributed by atoms with E-state index in [0.29, 0.717) is 18.4 Å². The van der Waals surface area contributed by atoms with Crippen LogP contribution in [0.4, 0.5) is 0 Å². The number of aliphatic hydroxyl groups is 2. The molecule has 0 rings (SSSR count). The molecule has 0 spiro atoms. The summed E-state index contributed by atoms with van der Waals surface area (Å²) in [5.74, 6) is 1.16. The van der Waals surface area contributed by atoms with Crippen molar-refractivity contribution in [3.05, 3.63) is 0 Å². The topological polar surface area (TPSA) is 78.5 Å². The predicted molar refractivity (Wildman–Crippen MR) is 62.6 cm³/mol. The maximum atomic E-state index is 9.11. The Hall–Kier alpha value is -0.160. The number of aliphatic hydroxyl groups excluding tert-OH is 2. The Morgan fingerprint density at radius 1 is 1.33 bits per heavy atom. The maximum Gasteiger partial charge on any atom is 0.0894 e. The molecule has 3 atom stereocenters. The SMILES string of the molecule is CCC(CN)CC(C)CNCC(O)CO.